The molecule has 0 unspecified atom stereocenters. The molecule has 0 bridgehead atoms. The minimum atomic E-state index is -0.460. The third-order valence-electron chi connectivity index (χ3n) is 11.7. The Morgan fingerprint density at radius 1 is 0.245 bits per heavy atom. The Kier molecular flexibility index (Phi) is 6.57. The summed E-state index contributed by atoms with van der Waals surface area (Å²) in [6.07, 6.45) is 0. The first-order chi connectivity index (χ1) is 26.3. The molecule has 246 valence electrons. The van der Waals surface area contributed by atoms with E-state index in [9.17, 15) is 0 Å². The highest BCUT2D eigenvalue weighted by Crippen LogP contribution is 2.64. The van der Waals surface area contributed by atoms with Gasteiger partial charge in [-0.05, 0) is 112 Å². The van der Waals surface area contributed by atoms with Gasteiger partial charge in [0.2, 0.25) is 0 Å². The highest BCUT2D eigenvalue weighted by molar-refractivity contribution is 6.05. The molecule has 0 fully saturated rings. The van der Waals surface area contributed by atoms with Crippen LogP contribution in [-0.4, -0.2) is 0 Å². The molecule has 9 aromatic rings. The van der Waals surface area contributed by atoms with E-state index in [2.05, 4.69) is 206 Å². The van der Waals surface area contributed by atoms with Crippen LogP contribution in [0.3, 0.4) is 0 Å². The summed E-state index contributed by atoms with van der Waals surface area (Å²) in [6, 6.07) is 76.5. The lowest BCUT2D eigenvalue weighted by Crippen LogP contribution is -2.26. The second-order valence-corrected chi connectivity index (χ2v) is 14.3. The van der Waals surface area contributed by atoms with Crippen LogP contribution in [0.15, 0.2) is 206 Å². The van der Waals surface area contributed by atoms with Gasteiger partial charge < -0.3 is 0 Å². The fourth-order valence-corrected chi connectivity index (χ4v) is 9.52. The number of rotatable bonds is 4. The molecule has 53 heavy (non-hydrogen) atoms. The van der Waals surface area contributed by atoms with Crippen LogP contribution in [0.2, 0.25) is 0 Å². The Balaban J connectivity index is 1.18. The molecule has 9 aromatic carbocycles. The molecule has 0 saturated heterocycles. The first-order valence-corrected chi connectivity index (χ1v) is 18.5. The lowest BCUT2D eigenvalue weighted by atomic mass is 9.69. The van der Waals surface area contributed by atoms with E-state index < -0.39 is 5.41 Å². The Hall–Kier alpha value is -6.76. The molecule has 0 heterocycles. The van der Waals surface area contributed by atoms with Crippen LogP contribution >= 0.6 is 0 Å². The summed E-state index contributed by atoms with van der Waals surface area (Å²) in [5, 5.41) is 2.56. The molecule has 0 saturated carbocycles. The van der Waals surface area contributed by atoms with Crippen LogP contribution < -0.4 is 0 Å². The molecule has 11 rings (SSSR count). The second kappa shape index (κ2) is 11.6. The monoisotopic (exact) mass is 670 g/mol. The molecule has 0 aromatic heterocycles. The molecule has 0 nitrogen and oxygen atoms in total. The third-order valence-corrected chi connectivity index (χ3v) is 11.7. The molecule has 2 aliphatic carbocycles. The van der Waals surface area contributed by atoms with Crippen molar-refractivity contribution in [3.8, 4) is 66.8 Å². The van der Waals surface area contributed by atoms with Crippen molar-refractivity contribution in [1.29, 1.82) is 0 Å². The van der Waals surface area contributed by atoms with Crippen LogP contribution in [-0.2, 0) is 5.41 Å². The molecule has 0 atom stereocenters. The van der Waals surface area contributed by atoms with Crippen molar-refractivity contribution < 1.29 is 0 Å². The average molecular weight is 671 g/mol. The molecule has 0 heteroatoms. The molecule has 0 N–H and O–H groups in total. The highest BCUT2D eigenvalue weighted by atomic mass is 14.5. The second-order valence-electron chi connectivity index (χ2n) is 14.3. The minimum Gasteiger partial charge on any atom is -0.0622 e. The maximum absolute atomic E-state index is 2.51. The Morgan fingerprint density at radius 2 is 0.660 bits per heavy atom. The quantitative estimate of drug-likeness (QED) is 0.175. The van der Waals surface area contributed by atoms with Crippen molar-refractivity contribution in [2.75, 3.05) is 0 Å². The third kappa shape index (κ3) is 4.30. The van der Waals surface area contributed by atoms with E-state index in [4.69, 9.17) is 0 Å². The van der Waals surface area contributed by atoms with Crippen LogP contribution in [0.5, 0.6) is 0 Å². The van der Waals surface area contributed by atoms with E-state index in [0.717, 1.165) is 0 Å². The standard InChI is InChI=1S/C53H34/c1-3-15-35(16-4-1)40-19-7-9-21-42(40)37-27-30-44-38(33-37)29-32-48-47-31-28-39(43-22-10-8-20-41(43)36-17-5-2-6-18-36)34-51(47)53(52(44)48)49-25-13-11-23-45(49)46-24-12-14-26-50(46)53/h1-34H. The zero-order valence-corrected chi connectivity index (χ0v) is 29.1. The number of fused-ring (bicyclic) bond motifs is 12. The molecular formula is C53H34. The van der Waals surface area contributed by atoms with Gasteiger partial charge in [0.15, 0.2) is 0 Å². The van der Waals surface area contributed by atoms with Gasteiger partial charge in [-0.2, -0.15) is 0 Å². The maximum atomic E-state index is 2.51. The first-order valence-electron chi connectivity index (χ1n) is 18.5. The summed E-state index contributed by atoms with van der Waals surface area (Å²) in [5.74, 6) is 0. The van der Waals surface area contributed by atoms with E-state index in [-0.39, 0.29) is 0 Å². The minimum absolute atomic E-state index is 0.460. The van der Waals surface area contributed by atoms with Crippen molar-refractivity contribution >= 4 is 10.8 Å². The molecule has 0 radical (unpaired) electrons. The van der Waals surface area contributed by atoms with Gasteiger partial charge in [0, 0.05) is 0 Å². The number of hydrogen-bond acceptors (Lipinski definition) is 0. The molecule has 1 spiro atoms. The van der Waals surface area contributed by atoms with Gasteiger partial charge in [-0.25, -0.2) is 0 Å². The van der Waals surface area contributed by atoms with Gasteiger partial charge in [0.1, 0.15) is 0 Å². The van der Waals surface area contributed by atoms with Crippen LogP contribution in [0, 0.1) is 0 Å². The normalized spacial score (nSPS) is 13.1. The first kappa shape index (κ1) is 29.9. The topological polar surface area (TPSA) is 0 Å². The van der Waals surface area contributed by atoms with Gasteiger partial charge in [-0.15, -0.1) is 0 Å². The average Bonchev–Trinajstić information content (AvgIpc) is 3.71. The summed E-state index contributed by atoms with van der Waals surface area (Å²) in [4.78, 5) is 0. The van der Waals surface area contributed by atoms with Crippen LogP contribution in [0.25, 0.3) is 77.5 Å². The Morgan fingerprint density at radius 3 is 1.23 bits per heavy atom. The summed E-state index contributed by atoms with van der Waals surface area (Å²) < 4.78 is 0. The van der Waals surface area contributed by atoms with Crippen molar-refractivity contribution in [3.05, 3.63) is 229 Å². The summed E-state index contributed by atoms with van der Waals surface area (Å²) in [7, 11) is 0. The largest absolute Gasteiger partial charge is 0.0731 e. The van der Waals surface area contributed by atoms with Gasteiger partial charge in [-0.1, -0.05) is 194 Å². The lowest BCUT2D eigenvalue weighted by Gasteiger charge is -2.32. The van der Waals surface area contributed by atoms with Gasteiger partial charge >= 0.3 is 0 Å². The lowest BCUT2D eigenvalue weighted by molar-refractivity contribution is 0.801. The summed E-state index contributed by atoms with van der Waals surface area (Å²) in [5.41, 5.74) is 20.2. The van der Waals surface area contributed by atoms with Gasteiger partial charge in [-0.3, -0.25) is 0 Å². The van der Waals surface area contributed by atoms with Gasteiger partial charge in [0.05, 0.1) is 5.41 Å². The Labute approximate surface area is 310 Å². The smallest absolute Gasteiger partial charge is 0.0622 e. The van der Waals surface area contributed by atoms with E-state index >= 15 is 0 Å². The number of benzene rings is 9. The van der Waals surface area contributed by atoms with E-state index in [1.165, 1.54) is 99.8 Å². The summed E-state index contributed by atoms with van der Waals surface area (Å²) >= 11 is 0. The van der Waals surface area contributed by atoms with Crippen molar-refractivity contribution in [1.82, 2.24) is 0 Å². The van der Waals surface area contributed by atoms with Crippen LogP contribution in [0.4, 0.5) is 0 Å². The molecular weight excluding hydrogens is 637 g/mol. The van der Waals surface area contributed by atoms with Gasteiger partial charge in [0.25, 0.3) is 0 Å². The SMILES string of the molecule is c1ccc(-c2ccccc2-c2ccc3c(c2)C2(c4ccccc4-c4ccccc42)c2c-3ccc3cc(-c4ccccc4-c4ccccc4)ccc23)cc1. The van der Waals surface area contributed by atoms with E-state index in [1.54, 1.807) is 0 Å². The zero-order valence-electron chi connectivity index (χ0n) is 29.1. The van der Waals surface area contributed by atoms with Crippen molar-refractivity contribution in [3.63, 3.8) is 0 Å². The predicted octanol–water partition coefficient (Wildman–Crippen LogP) is 13.9. The highest BCUT2D eigenvalue weighted by Gasteiger charge is 2.52. The van der Waals surface area contributed by atoms with Crippen LogP contribution in [0.1, 0.15) is 22.3 Å². The zero-order chi connectivity index (χ0) is 34.9. The Bertz CT molecular complexity index is 2830. The molecule has 0 amide bonds. The van der Waals surface area contributed by atoms with E-state index in [1.807, 2.05) is 0 Å². The van der Waals surface area contributed by atoms with Crippen molar-refractivity contribution in [2.45, 2.75) is 5.41 Å². The van der Waals surface area contributed by atoms with Crippen molar-refractivity contribution in [2.24, 2.45) is 0 Å². The predicted molar refractivity (Wildman–Crippen MR) is 222 cm³/mol. The number of hydrogen-bond donors (Lipinski definition) is 0. The maximum Gasteiger partial charge on any atom is 0.0731 e. The molecule has 0 aliphatic heterocycles. The summed E-state index contributed by atoms with van der Waals surface area (Å²) in [6.45, 7) is 0. The fraction of sp³-hybridized carbons (Fsp3) is 0.0189. The fourth-order valence-electron chi connectivity index (χ4n) is 9.52. The molecule has 2 aliphatic rings. The van der Waals surface area contributed by atoms with E-state index in [0.29, 0.717) is 0 Å².